The quantitative estimate of drug-likeness (QED) is 0.570. The number of anilines is 1. The Labute approximate surface area is 182 Å². The van der Waals surface area contributed by atoms with E-state index in [2.05, 4.69) is 9.62 Å². The van der Waals surface area contributed by atoms with Gasteiger partial charge in [-0.05, 0) is 55.5 Å². The lowest BCUT2D eigenvalue weighted by molar-refractivity contribution is 0.455. The highest BCUT2D eigenvalue weighted by atomic mass is 32.2. The highest BCUT2D eigenvalue weighted by Gasteiger charge is 2.23. The Morgan fingerprint density at radius 3 is 2.61 bits per heavy atom. The predicted molar refractivity (Wildman–Crippen MR) is 120 cm³/mol. The molecule has 1 saturated heterocycles. The molecule has 0 amide bonds. The van der Waals surface area contributed by atoms with E-state index in [1.54, 1.807) is 18.2 Å². The molecule has 7 nitrogen and oxygen atoms in total. The highest BCUT2D eigenvalue weighted by Crippen LogP contribution is 2.28. The van der Waals surface area contributed by atoms with Crippen LogP contribution in [0.2, 0.25) is 0 Å². The first-order valence-electron chi connectivity index (χ1n) is 10.4. The monoisotopic (exact) mass is 444 g/mol. The third-order valence-electron chi connectivity index (χ3n) is 5.70. The smallest absolute Gasteiger partial charge is 0.279 e. The van der Waals surface area contributed by atoms with Gasteiger partial charge < -0.3 is 4.90 Å². The minimum absolute atomic E-state index is 0.244. The Morgan fingerprint density at radius 2 is 1.87 bits per heavy atom. The molecule has 2 heterocycles. The molecule has 9 heteroatoms. The van der Waals surface area contributed by atoms with Crippen LogP contribution in [0.1, 0.15) is 25.7 Å². The molecule has 164 valence electrons. The average molecular weight is 445 g/mol. The predicted octanol–water partition coefficient (Wildman–Crippen LogP) is 3.25. The normalized spacial score (nSPS) is 18.1. The van der Waals surface area contributed by atoms with Gasteiger partial charge in [-0.15, -0.1) is 5.10 Å². The molecular weight excluding hydrogens is 419 g/mol. The van der Waals surface area contributed by atoms with Crippen LogP contribution in [0.25, 0.3) is 16.5 Å². The van der Waals surface area contributed by atoms with Gasteiger partial charge in [0.25, 0.3) is 5.56 Å². The number of fused-ring (bicyclic) bond motifs is 1. The molecule has 1 aliphatic heterocycles. The van der Waals surface area contributed by atoms with E-state index in [0.717, 1.165) is 50.0 Å². The maximum absolute atomic E-state index is 13.4. The van der Waals surface area contributed by atoms with Crippen molar-refractivity contribution in [1.82, 2.24) is 14.5 Å². The summed E-state index contributed by atoms with van der Waals surface area (Å²) in [5, 5.41) is 6.07. The first-order chi connectivity index (χ1) is 15.0. The number of halogens is 1. The summed E-state index contributed by atoms with van der Waals surface area (Å²) in [5.74, 6) is 0.695. The zero-order valence-electron chi connectivity index (χ0n) is 17.0. The zero-order chi connectivity index (χ0) is 21.8. The lowest BCUT2D eigenvalue weighted by Crippen LogP contribution is -2.33. The fourth-order valence-electron chi connectivity index (χ4n) is 4.17. The number of hydrogen-bond acceptors (Lipinski definition) is 4. The minimum atomic E-state index is -2.01. The largest absolute Gasteiger partial charge is 0.354 e. The Morgan fingerprint density at radius 1 is 1.13 bits per heavy atom. The Kier molecular flexibility index (Phi) is 6.74. The van der Waals surface area contributed by atoms with Crippen LogP contribution in [0.15, 0.2) is 53.3 Å². The number of aromatic nitrogens is 2. The van der Waals surface area contributed by atoms with Crippen molar-refractivity contribution < 1.29 is 13.2 Å². The molecule has 0 spiro atoms. The highest BCUT2D eigenvalue weighted by molar-refractivity contribution is 7.77. The summed E-state index contributed by atoms with van der Waals surface area (Å²) in [6.45, 7) is 2.03. The Bertz CT molecular complexity index is 1140. The van der Waals surface area contributed by atoms with Gasteiger partial charge in [-0.25, -0.2) is 13.3 Å². The summed E-state index contributed by atoms with van der Waals surface area (Å²) in [6.07, 6.45) is 3.88. The molecule has 31 heavy (non-hydrogen) atoms. The van der Waals surface area contributed by atoms with Crippen molar-refractivity contribution >= 4 is 27.9 Å². The first kappa shape index (κ1) is 21.6. The number of nitrogens with one attached hydrogen (secondary N) is 1. The second-order valence-corrected chi connectivity index (χ2v) is 8.59. The van der Waals surface area contributed by atoms with Gasteiger partial charge in [0.15, 0.2) is 5.82 Å². The van der Waals surface area contributed by atoms with Crippen molar-refractivity contribution in [3.63, 3.8) is 0 Å². The topological polar surface area (TPSA) is 87.5 Å². The fraction of sp³-hybridized carbons (Fsp3) is 0.364. The molecule has 0 bridgehead atoms. The van der Waals surface area contributed by atoms with Crippen molar-refractivity contribution in [3.8, 4) is 5.69 Å². The lowest BCUT2D eigenvalue weighted by atomic mass is 10.00. The van der Waals surface area contributed by atoms with Crippen molar-refractivity contribution in [2.45, 2.75) is 25.7 Å². The standard InChI is InChI=1S/C22H25FN4O3S/c23-17-8-10-18(11-9-17)27-22(28)20-7-2-1-6-19(20)21(25-27)26-14-4-3-5-16(15-26)12-13-24-31(29)30/h1-2,6-11,16,24H,3-5,12-15H2,(H,29,30). The number of benzene rings is 2. The summed E-state index contributed by atoms with van der Waals surface area (Å²) >= 11 is -2.01. The van der Waals surface area contributed by atoms with Crippen LogP contribution in [0.3, 0.4) is 0 Å². The number of nitrogens with zero attached hydrogens (tertiary/aromatic N) is 3. The molecule has 1 fully saturated rings. The molecule has 3 aromatic rings. The number of hydrogen-bond donors (Lipinski definition) is 2. The van der Waals surface area contributed by atoms with Crippen LogP contribution >= 0.6 is 0 Å². The van der Waals surface area contributed by atoms with Gasteiger partial charge in [0, 0.05) is 25.0 Å². The molecule has 0 aliphatic carbocycles. The third kappa shape index (κ3) is 5.00. The maximum Gasteiger partial charge on any atom is 0.279 e. The zero-order valence-corrected chi connectivity index (χ0v) is 17.9. The van der Waals surface area contributed by atoms with E-state index in [1.807, 2.05) is 18.2 Å². The second kappa shape index (κ2) is 9.67. The van der Waals surface area contributed by atoms with Crippen LogP contribution < -0.4 is 15.2 Å². The summed E-state index contributed by atoms with van der Waals surface area (Å²) in [6, 6.07) is 13.2. The van der Waals surface area contributed by atoms with Gasteiger partial charge in [0.05, 0.1) is 11.1 Å². The van der Waals surface area contributed by atoms with E-state index in [9.17, 15) is 13.4 Å². The average Bonchev–Trinajstić information content (AvgIpc) is 3.00. The minimum Gasteiger partial charge on any atom is -0.354 e. The van der Waals surface area contributed by atoms with Crippen LogP contribution in [-0.2, 0) is 11.3 Å². The van der Waals surface area contributed by atoms with Gasteiger partial charge >= 0.3 is 0 Å². The molecule has 1 aromatic heterocycles. The third-order valence-corrected chi connectivity index (χ3v) is 6.15. The fourth-order valence-corrected chi connectivity index (χ4v) is 4.46. The summed E-state index contributed by atoms with van der Waals surface area (Å²) < 4.78 is 37.2. The van der Waals surface area contributed by atoms with E-state index in [-0.39, 0.29) is 11.4 Å². The molecule has 2 atom stereocenters. The molecule has 4 rings (SSSR count). The molecule has 0 radical (unpaired) electrons. The Balaban J connectivity index is 1.73. The van der Waals surface area contributed by atoms with Crippen LogP contribution in [0.4, 0.5) is 10.2 Å². The van der Waals surface area contributed by atoms with Crippen molar-refractivity contribution in [2.75, 3.05) is 24.5 Å². The first-order valence-corrected chi connectivity index (χ1v) is 11.5. The molecule has 2 aromatic carbocycles. The summed E-state index contributed by atoms with van der Waals surface area (Å²) in [5.41, 5.74) is 0.270. The Hall–Kier alpha value is -2.62. The SMILES string of the molecule is O=c1c2ccccc2c(N2CCCCC(CCNS(=O)O)C2)nn1-c1ccc(F)cc1. The molecule has 2 N–H and O–H groups in total. The summed E-state index contributed by atoms with van der Waals surface area (Å²) in [4.78, 5) is 15.3. The molecule has 2 unspecified atom stereocenters. The lowest BCUT2D eigenvalue weighted by Gasteiger charge is -2.27. The van der Waals surface area contributed by atoms with Gasteiger partial charge in [0.2, 0.25) is 11.3 Å². The van der Waals surface area contributed by atoms with E-state index >= 15 is 0 Å². The van der Waals surface area contributed by atoms with Crippen LogP contribution in [0, 0.1) is 11.7 Å². The van der Waals surface area contributed by atoms with E-state index in [1.165, 1.54) is 16.8 Å². The van der Waals surface area contributed by atoms with Crippen LogP contribution in [0.5, 0.6) is 0 Å². The molecular formula is C22H25FN4O3S. The van der Waals surface area contributed by atoms with E-state index in [4.69, 9.17) is 9.65 Å². The molecule has 1 aliphatic rings. The van der Waals surface area contributed by atoms with Gasteiger partial charge in [0.1, 0.15) is 5.82 Å². The maximum atomic E-state index is 13.4. The van der Waals surface area contributed by atoms with Crippen molar-refractivity contribution in [1.29, 1.82) is 0 Å². The second-order valence-electron chi connectivity index (χ2n) is 7.80. The van der Waals surface area contributed by atoms with Gasteiger partial charge in [-0.3, -0.25) is 9.35 Å². The van der Waals surface area contributed by atoms with E-state index in [0.29, 0.717) is 23.5 Å². The van der Waals surface area contributed by atoms with Crippen molar-refractivity contribution in [3.05, 3.63) is 64.7 Å². The van der Waals surface area contributed by atoms with Gasteiger partial charge in [-0.2, -0.15) is 4.68 Å². The number of rotatable bonds is 6. The summed E-state index contributed by atoms with van der Waals surface area (Å²) in [7, 11) is 0. The van der Waals surface area contributed by atoms with Gasteiger partial charge in [-0.1, -0.05) is 24.6 Å². The van der Waals surface area contributed by atoms with E-state index < -0.39 is 11.3 Å². The van der Waals surface area contributed by atoms with Crippen molar-refractivity contribution in [2.24, 2.45) is 5.92 Å². The van der Waals surface area contributed by atoms with Crippen LogP contribution in [-0.4, -0.2) is 38.2 Å². The molecule has 0 saturated carbocycles.